The van der Waals surface area contributed by atoms with E-state index in [1.165, 1.54) is 47.8 Å². The van der Waals surface area contributed by atoms with Gasteiger partial charge in [0.25, 0.3) is 0 Å². The first-order valence-corrected chi connectivity index (χ1v) is 7.53. The number of hydrogen-bond acceptors (Lipinski definition) is 1. The lowest BCUT2D eigenvalue weighted by Crippen LogP contribution is -2.31. The molecule has 1 saturated carbocycles. The summed E-state index contributed by atoms with van der Waals surface area (Å²) >= 11 is 3.69. The average molecular weight is 296 g/mol. The van der Waals surface area contributed by atoms with Crippen LogP contribution in [0.5, 0.6) is 0 Å². The van der Waals surface area contributed by atoms with Crippen LogP contribution in [0.1, 0.15) is 44.6 Å². The third-order valence-corrected chi connectivity index (χ3v) is 5.02. The maximum Gasteiger partial charge on any atom is 0.0489 e. The zero-order valence-electron chi connectivity index (χ0n) is 10.8. The summed E-state index contributed by atoms with van der Waals surface area (Å²) in [7, 11) is 0. The number of nitrogens with one attached hydrogen (secondary N) is 1. The van der Waals surface area contributed by atoms with Gasteiger partial charge in [0.2, 0.25) is 0 Å². The number of hydrogen-bond donors (Lipinski definition) is 1. The van der Waals surface area contributed by atoms with E-state index in [1.807, 2.05) is 0 Å². The highest BCUT2D eigenvalue weighted by molar-refractivity contribution is 9.10. The normalized spacial score (nSPS) is 24.6. The molecule has 2 heteroatoms. The number of anilines is 1. The molecule has 1 N–H and O–H groups in total. The van der Waals surface area contributed by atoms with Crippen molar-refractivity contribution in [3.63, 3.8) is 0 Å². The fourth-order valence-electron chi connectivity index (χ4n) is 2.84. The largest absolute Gasteiger partial charge is 0.381 e. The van der Waals surface area contributed by atoms with Gasteiger partial charge in [-0.1, -0.05) is 38.3 Å². The van der Waals surface area contributed by atoms with Gasteiger partial charge in [0.1, 0.15) is 0 Å². The first kappa shape index (κ1) is 12.9. The summed E-state index contributed by atoms with van der Waals surface area (Å²) in [6.07, 6.45) is 6.78. The van der Waals surface area contributed by atoms with E-state index in [-0.39, 0.29) is 0 Å². The summed E-state index contributed by atoms with van der Waals surface area (Å²) < 4.78 is 1.22. The molecule has 0 amide bonds. The molecule has 0 aromatic heterocycles. The number of rotatable bonds is 3. The zero-order valence-corrected chi connectivity index (χ0v) is 12.4. The standard InChI is InChI=1S/C15H22BrN/c1-3-12-8-4-5-9-13(12)17-14-10-6-7-11(2)15(14)16/h6-7,10,12-13,17H,3-5,8-9H2,1-2H3. The van der Waals surface area contributed by atoms with E-state index in [2.05, 4.69) is 53.3 Å². The fourth-order valence-corrected chi connectivity index (χ4v) is 3.22. The van der Waals surface area contributed by atoms with Crippen molar-refractivity contribution >= 4 is 21.6 Å². The van der Waals surface area contributed by atoms with Crippen LogP contribution in [-0.4, -0.2) is 6.04 Å². The fraction of sp³-hybridized carbons (Fsp3) is 0.600. The summed E-state index contributed by atoms with van der Waals surface area (Å²) in [6.45, 7) is 4.46. The van der Waals surface area contributed by atoms with E-state index in [0.29, 0.717) is 6.04 Å². The first-order valence-electron chi connectivity index (χ1n) is 6.74. The molecule has 1 aromatic carbocycles. The van der Waals surface area contributed by atoms with Gasteiger partial charge in [-0.15, -0.1) is 0 Å². The summed E-state index contributed by atoms with van der Waals surface area (Å²) in [5.41, 5.74) is 2.56. The molecule has 0 heterocycles. The first-order chi connectivity index (χ1) is 8.22. The van der Waals surface area contributed by atoms with Crippen LogP contribution in [0.25, 0.3) is 0 Å². The van der Waals surface area contributed by atoms with Crippen LogP contribution in [-0.2, 0) is 0 Å². The van der Waals surface area contributed by atoms with Crippen LogP contribution in [0.2, 0.25) is 0 Å². The van der Waals surface area contributed by atoms with Crippen molar-refractivity contribution in [2.24, 2.45) is 5.92 Å². The Bertz CT molecular complexity index is 375. The van der Waals surface area contributed by atoms with Gasteiger partial charge in [-0.2, -0.15) is 0 Å². The predicted octanol–water partition coefficient (Wildman–Crippen LogP) is 5.14. The van der Waals surface area contributed by atoms with Gasteiger partial charge >= 0.3 is 0 Å². The minimum atomic E-state index is 0.659. The van der Waals surface area contributed by atoms with Gasteiger partial charge in [0.05, 0.1) is 0 Å². The Hall–Kier alpha value is -0.500. The van der Waals surface area contributed by atoms with Crippen LogP contribution in [0.4, 0.5) is 5.69 Å². The molecule has 2 unspecified atom stereocenters. The van der Waals surface area contributed by atoms with E-state index < -0.39 is 0 Å². The maximum atomic E-state index is 3.74. The van der Waals surface area contributed by atoms with Crippen molar-refractivity contribution in [1.82, 2.24) is 0 Å². The van der Waals surface area contributed by atoms with Crippen LogP contribution < -0.4 is 5.32 Å². The highest BCUT2D eigenvalue weighted by Crippen LogP contribution is 2.32. The lowest BCUT2D eigenvalue weighted by Gasteiger charge is -2.32. The molecular formula is C15H22BrN. The third-order valence-electron chi connectivity index (χ3n) is 3.97. The Morgan fingerprint density at radius 2 is 2.06 bits per heavy atom. The second-order valence-electron chi connectivity index (χ2n) is 5.14. The summed E-state index contributed by atoms with van der Waals surface area (Å²) in [5.74, 6) is 0.844. The number of aryl methyl sites for hydroxylation is 1. The van der Waals surface area contributed by atoms with Crippen LogP contribution in [0.15, 0.2) is 22.7 Å². The van der Waals surface area contributed by atoms with Crippen molar-refractivity contribution in [3.8, 4) is 0 Å². The Morgan fingerprint density at radius 1 is 1.29 bits per heavy atom. The third kappa shape index (κ3) is 3.04. The highest BCUT2D eigenvalue weighted by Gasteiger charge is 2.23. The number of halogens is 1. The Labute approximate surface area is 113 Å². The van der Waals surface area contributed by atoms with Crippen LogP contribution >= 0.6 is 15.9 Å². The Balaban J connectivity index is 2.11. The summed E-state index contributed by atoms with van der Waals surface area (Å²) in [4.78, 5) is 0. The number of benzene rings is 1. The zero-order chi connectivity index (χ0) is 12.3. The van der Waals surface area contributed by atoms with Gasteiger partial charge in [0.15, 0.2) is 0 Å². The van der Waals surface area contributed by atoms with Gasteiger partial charge in [0, 0.05) is 16.2 Å². The molecule has 1 aliphatic carbocycles. The van der Waals surface area contributed by atoms with E-state index in [1.54, 1.807) is 0 Å². The minimum Gasteiger partial charge on any atom is -0.381 e. The Kier molecular flexibility index (Phi) is 4.49. The second-order valence-corrected chi connectivity index (χ2v) is 5.93. The summed E-state index contributed by atoms with van der Waals surface area (Å²) in [5, 5.41) is 3.74. The monoisotopic (exact) mass is 295 g/mol. The molecule has 94 valence electrons. The minimum absolute atomic E-state index is 0.659. The molecule has 0 bridgehead atoms. The van der Waals surface area contributed by atoms with Crippen LogP contribution in [0.3, 0.4) is 0 Å². The predicted molar refractivity (Wildman–Crippen MR) is 78.5 cm³/mol. The van der Waals surface area contributed by atoms with Gasteiger partial charge in [-0.25, -0.2) is 0 Å². The highest BCUT2D eigenvalue weighted by atomic mass is 79.9. The van der Waals surface area contributed by atoms with Crippen LogP contribution in [0, 0.1) is 12.8 Å². The molecule has 2 atom stereocenters. The van der Waals surface area contributed by atoms with E-state index in [4.69, 9.17) is 0 Å². The van der Waals surface area contributed by atoms with Gasteiger partial charge in [-0.3, -0.25) is 0 Å². The smallest absolute Gasteiger partial charge is 0.0489 e. The molecule has 0 radical (unpaired) electrons. The van der Waals surface area contributed by atoms with Crippen molar-refractivity contribution < 1.29 is 0 Å². The second kappa shape index (κ2) is 5.90. The molecule has 1 aromatic rings. The van der Waals surface area contributed by atoms with Crippen molar-refractivity contribution in [2.75, 3.05) is 5.32 Å². The summed E-state index contributed by atoms with van der Waals surface area (Å²) in [6, 6.07) is 7.12. The average Bonchev–Trinajstić information content (AvgIpc) is 2.35. The molecule has 17 heavy (non-hydrogen) atoms. The molecule has 0 spiro atoms. The van der Waals surface area contributed by atoms with Crippen molar-refractivity contribution in [1.29, 1.82) is 0 Å². The van der Waals surface area contributed by atoms with E-state index in [9.17, 15) is 0 Å². The molecule has 2 rings (SSSR count). The lowest BCUT2D eigenvalue weighted by atomic mass is 9.83. The lowest BCUT2D eigenvalue weighted by molar-refractivity contribution is 0.317. The molecule has 0 saturated heterocycles. The van der Waals surface area contributed by atoms with Gasteiger partial charge < -0.3 is 5.32 Å². The molecule has 1 fully saturated rings. The maximum absolute atomic E-state index is 3.74. The van der Waals surface area contributed by atoms with Crippen molar-refractivity contribution in [3.05, 3.63) is 28.2 Å². The van der Waals surface area contributed by atoms with E-state index in [0.717, 1.165) is 5.92 Å². The Morgan fingerprint density at radius 3 is 2.82 bits per heavy atom. The molecular weight excluding hydrogens is 274 g/mol. The topological polar surface area (TPSA) is 12.0 Å². The molecule has 1 nitrogen and oxygen atoms in total. The molecule has 1 aliphatic rings. The van der Waals surface area contributed by atoms with E-state index >= 15 is 0 Å². The van der Waals surface area contributed by atoms with Crippen molar-refractivity contribution in [2.45, 2.75) is 52.0 Å². The molecule has 0 aliphatic heterocycles. The SMILES string of the molecule is CCC1CCCCC1Nc1cccc(C)c1Br. The van der Waals surface area contributed by atoms with Gasteiger partial charge in [-0.05, 0) is 53.2 Å². The quantitative estimate of drug-likeness (QED) is 0.814.